The number of urea groups is 2. The van der Waals surface area contributed by atoms with Crippen molar-refractivity contribution in [3.63, 3.8) is 0 Å². The van der Waals surface area contributed by atoms with E-state index < -0.39 is 30.2 Å². The van der Waals surface area contributed by atoms with Crippen LogP contribution in [0.5, 0.6) is 0 Å². The first-order chi connectivity index (χ1) is 34.3. The lowest BCUT2D eigenvalue weighted by atomic mass is 9.86. The van der Waals surface area contributed by atoms with Crippen molar-refractivity contribution in [1.82, 2.24) is 50.5 Å². The van der Waals surface area contributed by atoms with Crippen LogP contribution in [-0.2, 0) is 46.9 Å². The Morgan fingerprint density at radius 3 is 1.59 bits per heavy atom. The number of ether oxygens (including phenoxy) is 1. The fraction of sp³-hybridized carbons (Fsp3) is 0.509. The number of thiazole rings is 3. The molecular formula is C53H79IN10O7S3. The molecule has 5 amide bonds. The Labute approximate surface area is 467 Å². The molecule has 0 saturated heterocycles. The van der Waals surface area contributed by atoms with Crippen LogP contribution in [0.15, 0.2) is 83.1 Å². The number of alkyl carbamates (subject to hydrolysis) is 1. The summed E-state index contributed by atoms with van der Waals surface area (Å²) in [6.07, 6.45) is 4.17. The monoisotopic (exact) mass is 1190 g/mol. The maximum Gasteiger partial charge on any atom is 0.407 e. The molecule has 5 rings (SSSR count). The molecule has 5 aromatic rings. The second kappa shape index (κ2) is 33.8. The molecule has 3 heterocycles. The number of halogens is 1. The second-order valence-electron chi connectivity index (χ2n) is 19.1. The molecule has 0 saturated carbocycles. The highest BCUT2D eigenvalue weighted by atomic mass is 127. The van der Waals surface area contributed by atoms with Crippen LogP contribution in [0.1, 0.15) is 104 Å². The van der Waals surface area contributed by atoms with E-state index in [4.69, 9.17) is 9.84 Å². The lowest BCUT2D eigenvalue weighted by Crippen LogP contribution is -2.51. The maximum atomic E-state index is 14.0. The minimum absolute atomic E-state index is 0. The summed E-state index contributed by atoms with van der Waals surface area (Å²) < 4.78 is 5.51. The van der Waals surface area contributed by atoms with E-state index in [1.165, 1.54) is 16.2 Å². The van der Waals surface area contributed by atoms with Crippen molar-refractivity contribution in [1.29, 1.82) is 0 Å². The summed E-state index contributed by atoms with van der Waals surface area (Å²) in [6.45, 7) is 9.83. The predicted molar refractivity (Wildman–Crippen MR) is 309 cm³/mol. The van der Waals surface area contributed by atoms with E-state index in [-0.39, 0.29) is 74.7 Å². The number of amides is 5. The third-order valence-electron chi connectivity index (χ3n) is 11.3. The molecule has 0 bridgehead atoms. The van der Waals surface area contributed by atoms with Crippen LogP contribution < -0.4 is 16.0 Å². The van der Waals surface area contributed by atoms with Gasteiger partial charge in [-0.25, -0.2) is 29.1 Å². The zero-order valence-corrected chi connectivity index (χ0v) is 48.6. The average molecular weight is 1190 g/mol. The standard InChI is InChI=1S/C38H50N6O4S2.C14H24N4O3S.CH4.HI/c1-27(2)36-40-32(25-49-36)22-44(5)37(46)42-34(23-43(3)4)35(45)20-30(18-28-12-8-6-9-13-28)16-17-31(19-29-14-10-7-11-15-29)41-38(47)48-24-33-21-39-26-50-33;1-9(2)12-15-10(8-22-12)6-18(5)14(21)16-11(13(19)20)7-17(3)4;;/h6-15,21,25-27,30-31,34H,16-20,22-24H2,1-5H3,(H,41,47)(H,42,46);8-9,11H,6-7H2,1-5H3,(H,16,21)(H,19,20);1H4;1H/t30-,31-,34?;;;/m1.../s1. The van der Waals surface area contributed by atoms with E-state index in [2.05, 4.69) is 70.7 Å². The highest BCUT2D eigenvalue weighted by Gasteiger charge is 2.28. The Hall–Kier alpha value is -5.07. The first kappa shape index (κ1) is 65.0. The molecule has 17 nitrogen and oxygen atoms in total. The van der Waals surface area contributed by atoms with Crippen LogP contribution in [-0.4, -0.2) is 143 Å². The number of carboxylic acids is 1. The Balaban J connectivity index is 0.000000658. The summed E-state index contributed by atoms with van der Waals surface area (Å²) >= 11 is 4.60. The summed E-state index contributed by atoms with van der Waals surface area (Å²) in [5, 5.41) is 23.7. The Bertz CT molecular complexity index is 2410. The fourth-order valence-corrected chi connectivity index (χ4v) is 9.64. The van der Waals surface area contributed by atoms with Gasteiger partial charge in [0.1, 0.15) is 18.7 Å². The third-order valence-corrected chi connectivity index (χ3v) is 14.4. The van der Waals surface area contributed by atoms with Gasteiger partial charge in [0.25, 0.3) is 0 Å². The number of carboxylic acid groups (broad SMARTS) is 1. The van der Waals surface area contributed by atoms with Crippen molar-refractivity contribution in [2.75, 3.05) is 55.4 Å². The number of carbonyl (C=O) groups is 5. The van der Waals surface area contributed by atoms with Crippen molar-refractivity contribution in [3.8, 4) is 0 Å². The second-order valence-corrected chi connectivity index (χ2v) is 21.9. The van der Waals surface area contributed by atoms with E-state index in [1.807, 2.05) is 78.3 Å². The number of likely N-dealkylation sites (N-methyl/N-ethyl adjacent to an activating group) is 2. The van der Waals surface area contributed by atoms with Gasteiger partial charge in [0.15, 0.2) is 5.78 Å². The van der Waals surface area contributed by atoms with Crippen molar-refractivity contribution < 1.29 is 33.8 Å². The van der Waals surface area contributed by atoms with E-state index in [0.29, 0.717) is 57.2 Å². The van der Waals surface area contributed by atoms with Gasteiger partial charge in [-0.1, -0.05) is 95.8 Å². The summed E-state index contributed by atoms with van der Waals surface area (Å²) in [6, 6.07) is 17.6. The number of benzene rings is 2. The van der Waals surface area contributed by atoms with Crippen molar-refractivity contribution in [3.05, 3.63) is 121 Å². The van der Waals surface area contributed by atoms with Gasteiger partial charge < -0.3 is 45.4 Å². The molecule has 408 valence electrons. The van der Waals surface area contributed by atoms with Gasteiger partial charge in [-0.05, 0) is 70.9 Å². The number of Topliss-reactive ketones (excluding diaryl/α,β-unsaturated/α-hetero) is 1. The normalized spacial score (nSPS) is 12.6. The van der Waals surface area contributed by atoms with E-state index >= 15 is 0 Å². The van der Waals surface area contributed by atoms with Crippen molar-refractivity contribution >= 4 is 87.9 Å². The van der Waals surface area contributed by atoms with Crippen LogP contribution in [0.2, 0.25) is 0 Å². The Kier molecular flexibility index (Phi) is 29.7. The van der Waals surface area contributed by atoms with Gasteiger partial charge in [-0.2, -0.15) is 0 Å². The van der Waals surface area contributed by atoms with Crippen molar-refractivity contribution in [2.24, 2.45) is 5.92 Å². The maximum absolute atomic E-state index is 14.0. The van der Waals surface area contributed by atoms with Gasteiger partial charge in [-0.15, -0.1) is 58.0 Å². The number of nitrogens with one attached hydrogen (secondary N) is 3. The molecule has 0 aliphatic heterocycles. The molecule has 0 aliphatic rings. The van der Waals surface area contributed by atoms with Gasteiger partial charge in [0, 0.05) is 68.4 Å². The van der Waals surface area contributed by atoms with E-state index in [9.17, 15) is 24.0 Å². The van der Waals surface area contributed by atoms with E-state index in [1.54, 1.807) is 72.4 Å². The average Bonchev–Trinajstić information content (AvgIpc) is 4.14. The first-order valence-corrected chi connectivity index (χ1v) is 26.7. The molecule has 0 aliphatic carbocycles. The number of carbonyl (C=O) groups excluding carboxylic acids is 4. The summed E-state index contributed by atoms with van der Waals surface area (Å²) in [5.41, 5.74) is 5.60. The van der Waals surface area contributed by atoms with Gasteiger partial charge >= 0.3 is 24.1 Å². The fourth-order valence-electron chi connectivity index (χ4n) is 7.48. The zero-order valence-electron chi connectivity index (χ0n) is 43.8. The highest BCUT2D eigenvalue weighted by molar-refractivity contribution is 14.0. The number of hydrogen-bond donors (Lipinski definition) is 4. The Morgan fingerprint density at radius 2 is 1.15 bits per heavy atom. The zero-order chi connectivity index (χ0) is 52.7. The number of hydrogen-bond acceptors (Lipinski definition) is 14. The molecule has 0 fully saturated rings. The minimum atomic E-state index is -1.05. The number of nitrogens with zero attached hydrogens (tertiary/aromatic N) is 7. The van der Waals surface area contributed by atoms with Gasteiger partial charge in [0.05, 0.1) is 44.9 Å². The molecule has 0 radical (unpaired) electrons. The molecular weight excluding hydrogens is 1110 g/mol. The van der Waals surface area contributed by atoms with Crippen LogP contribution in [0.4, 0.5) is 14.4 Å². The Morgan fingerprint density at radius 1 is 0.662 bits per heavy atom. The van der Waals surface area contributed by atoms with Crippen LogP contribution in [0.25, 0.3) is 0 Å². The number of rotatable bonds is 26. The SMILES string of the molecule is C.CC(C)c1nc(CN(C)C(=O)NC(CN(C)C)C(=O)C[C@H](CC[C@H](Cc2ccccc2)NC(=O)OCc2cncs2)Cc2ccccc2)cs1.CC(C)c1nc(CN(C)C(=O)NC(CN(C)C)C(=O)O)cs1.I. The van der Waals surface area contributed by atoms with Crippen LogP contribution in [0.3, 0.4) is 0 Å². The van der Waals surface area contributed by atoms with Crippen molar-refractivity contribution in [2.45, 2.75) is 117 Å². The number of ketones is 1. The smallest absolute Gasteiger partial charge is 0.407 e. The largest absolute Gasteiger partial charge is 0.480 e. The lowest BCUT2D eigenvalue weighted by molar-refractivity contribution is -0.139. The molecule has 2 aromatic carbocycles. The lowest BCUT2D eigenvalue weighted by Gasteiger charge is -2.27. The third kappa shape index (κ3) is 24.1. The molecule has 0 spiro atoms. The number of aromatic nitrogens is 3. The quantitative estimate of drug-likeness (QED) is 0.0383. The summed E-state index contributed by atoms with van der Waals surface area (Å²) in [7, 11) is 10.7. The first-order valence-electron chi connectivity index (χ1n) is 24.1. The molecule has 4 N–H and O–H groups in total. The number of aliphatic carboxylic acids is 1. The van der Waals surface area contributed by atoms with E-state index in [0.717, 1.165) is 37.4 Å². The van der Waals surface area contributed by atoms with Crippen LogP contribution in [0, 0.1) is 5.92 Å². The summed E-state index contributed by atoms with van der Waals surface area (Å²) in [4.78, 5) is 84.2. The minimum Gasteiger partial charge on any atom is -0.480 e. The molecule has 3 aromatic heterocycles. The predicted octanol–water partition coefficient (Wildman–Crippen LogP) is 9.61. The molecule has 21 heteroatoms. The van der Waals surface area contributed by atoms with Gasteiger partial charge in [0.2, 0.25) is 0 Å². The highest BCUT2D eigenvalue weighted by Crippen LogP contribution is 2.24. The summed E-state index contributed by atoms with van der Waals surface area (Å²) in [5.74, 6) is -0.401. The van der Waals surface area contributed by atoms with Gasteiger partial charge in [-0.3, -0.25) is 9.78 Å². The molecule has 4 atom stereocenters. The topological polar surface area (TPSA) is 203 Å². The molecule has 2 unspecified atom stereocenters. The molecule has 74 heavy (non-hydrogen) atoms. The van der Waals surface area contributed by atoms with Crippen LogP contribution >= 0.6 is 58.0 Å².